The third kappa shape index (κ3) is 4.75. The Balaban J connectivity index is 1.16. The molecule has 0 spiro atoms. The van der Waals surface area contributed by atoms with E-state index >= 15 is 0 Å². The highest BCUT2D eigenvalue weighted by Gasteiger charge is 2.26. The van der Waals surface area contributed by atoms with E-state index in [2.05, 4.69) is 213 Å². The van der Waals surface area contributed by atoms with E-state index in [0.29, 0.717) is 22.5 Å². The molecule has 63 heavy (non-hydrogen) atoms. The minimum absolute atomic E-state index is 0.421. The van der Waals surface area contributed by atoms with Gasteiger partial charge in [0.2, 0.25) is 0 Å². The van der Waals surface area contributed by atoms with Gasteiger partial charge in [-0.3, -0.25) is 0 Å². The number of aryl methyl sites for hydroxylation is 1. The van der Waals surface area contributed by atoms with Gasteiger partial charge >= 0.3 is 0 Å². The van der Waals surface area contributed by atoms with E-state index in [-0.39, 0.29) is 0 Å². The van der Waals surface area contributed by atoms with Crippen LogP contribution in [0.25, 0.3) is 110 Å². The number of hydrogen-bond donors (Lipinski definition) is 0. The molecule has 0 radical (unpaired) electrons. The molecule has 6 heteroatoms. The molecule has 0 fully saturated rings. The van der Waals surface area contributed by atoms with Gasteiger partial charge in [0.1, 0.15) is 12.1 Å². The van der Waals surface area contributed by atoms with Crippen LogP contribution in [0.15, 0.2) is 188 Å². The molecule has 0 saturated carbocycles. The molecule has 0 aliphatic carbocycles. The van der Waals surface area contributed by atoms with Crippen molar-refractivity contribution in [3.63, 3.8) is 0 Å². The Hall–Kier alpha value is -8.84. The molecule has 0 N–H and O–H groups in total. The third-order valence-corrected chi connectivity index (χ3v) is 13.1. The molecule has 0 aliphatic rings. The lowest BCUT2D eigenvalue weighted by molar-refractivity contribution is 1.12. The quantitative estimate of drug-likeness (QED) is 0.178. The van der Waals surface area contributed by atoms with Crippen LogP contribution in [0.5, 0.6) is 0 Å². The predicted octanol–water partition coefficient (Wildman–Crippen LogP) is 14.1. The fraction of sp³-hybridized carbons (Fsp3) is 0.0175. The topological polar surface area (TPSA) is 67.3 Å². The van der Waals surface area contributed by atoms with Crippen LogP contribution in [0, 0.1) is 29.6 Å². The van der Waals surface area contributed by atoms with Crippen molar-refractivity contribution < 1.29 is 0 Å². The molecule has 9 aromatic carbocycles. The Labute approximate surface area is 361 Å². The minimum Gasteiger partial charge on any atom is -0.309 e. The first-order valence-corrected chi connectivity index (χ1v) is 21.1. The van der Waals surface area contributed by atoms with Crippen molar-refractivity contribution in [3.8, 4) is 34.9 Å². The number of aromatic nitrogens is 4. The van der Waals surface area contributed by atoms with Crippen LogP contribution >= 0.6 is 0 Å². The number of hydrogen-bond acceptors (Lipinski definition) is 2. The van der Waals surface area contributed by atoms with E-state index in [1.807, 2.05) is 6.07 Å². The lowest BCUT2D eigenvalue weighted by Crippen LogP contribution is -2.04. The summed E-state index contributed by atoms with van der Waals surface area (Å²) in [4.78, 5) is 0. The normalized spacial score (nSPS) is 11.9. The summed E-state index contributed by atoms with van der Waals surface area (Å²) in [5, 5.41) is 31.0. The van der Waals surface area contributed by atoms with Crippen molar-refractivity contribution in [3.05, 3.63) is 205 Å². The summed E-state index contributed by atoms with van der Waals surface area (Å²) in [6.07, 6.45) is 0. The third-order valence-electron chi connectivity index (χ3n) is 13.1. The van der Waals surface area contributed by atoms with Crippen molar-refractivity contribution in [1.82, 2.24) is 18.3 Å². The summed E-state index contributed by atoms with van der Waals surface area (Å²) in [5.41, 5.74) is 14.0. The molecule has 0 atom stereocenters. The Morgan fingerprint density at radius 1 is 0.333 bits per heavy atom. The van der Waals surface area contributed by atoms with E-state index < -0.39 is 0 Å². The first-order valence-electron chi connectivity index (χ1n) is 21.1. The molecule has 13 aromatic rings. The summed E-state index contributed by atoms with van der Waals surface area (Å²) in [7, 11) is 0. The molecular formula is C57H34N6. The highest BCUT2D eigenvalue weighted by atomic mass is 15.0. The second kappa shape index (κ2) is 13.1. The molecule has 6 nitrogen and oxygen atoms in total. The molecule has 4 aromatic heterocycles. The van der Waals surface area contributed by atoms with E-state index in [4.69, 9.17) is 0 Å². The van der Waals surface area contributed by atoms with Crippen LogP contribution in [0.2, 0.25) is 0 Å². The molecule has 292 valence electrons. The van der Waals surface area contributed by atoms with Gasteiger partial charge in [-0.2, -0.15) is 10.5 Å². The van der Waals surface area contributed by atoms with Gasteiger partial charge in [0.05, 0.1) is 66.6 Å². The van der Waals surface area contributed by atoms with Crippen molar-refractivity contribution in [2.75, 3.05) is 0 Å². The van der Waals surface area contributed by atoms with Crippen molar-refractivity contribution in [2.24, 2.45) is 0 Å². The molecule has 0 saturated heterocycles. The molecule has 0 amide bonds. The average molecular weight is 803 g/mol. The van der Waals surface area contributed by atoms with Crippen molar-refractivity contribution in [1.29, 1.82) is 10.5 Å². The molecule has 0 bridgehead atoms. The fourth-order valence-corrected chi connectivity index (χ4v) is 10.5. The largest absolute Gasteiger partial charge is 0.309 e. The van der Waals surface area contributed by atoms with Gasteiger partial charge in [0.15, 0.2) is 0 Å². The lowest BCUT2D eigenvalue weighted by atomic mass is 10.1. The minimum atomic E-state index is 0.421. The van der Waals surface area contributed by atoms with Gasteiger partial charge < -0.3 is 18.3 Å². The number of fused-ring (bicyclic) bond motifs is 14. The zero-order chi connectivity index (χ0) is 41.9. The van der Waals surface area contributed by atoms with Crippen LogP contribution in [0.4, 0.5) is 0 Å². The van der Waals surface area contributed by atoms with Crippen molar-refractivity contribution in [2.45, 2.75) is 6.92 Å². The van der Waals surface area contributed by atoms with Crippen LogP contribution < -0.4 is 0 Å². The summed E-state index contributed by atoms with van der Waals surface area (Å²) < 4.78 is 9.21. The number of nitriles is 2. The van der Waals surface area contributed by atoms with Gasteiger partial charge in [0, 0.05) is 54.5 Å². The maximum Gasteiger partial charge on any atom is 0.101 e. The summed E-state index contributed by atoms with van der Waals surface area (Å²) in [6, 6.07) is 71.0. The maximum atomic E-state index is 11.0. The molecular weight excluding hydrogens is 769 g/mol. The lowest BCUT2D eigenvalue weighted by Gasteiger charge is -2.16. The smallest absolute Gasteiger partial charge is 0.101 e. The summed E-state index contributed by atoms with van der Waals surface area (Å²) in [5.74, 6) is 0. The zero-order valence-corrected chi connectivity index (χ0v) is 34.1. The Bertz CT molecular complexity index is 4180. The van der Waals surface area contributed by atoms with Gasteiger partial charge in [-0.25, -0.2) is 0 Å². The van der Waals surface area contributed by atoms with Gasteiger partial charge in [0.25, 0.3) is 0 Å². The van der Waals surface area contributed by atoms with Crippen LogP contribution in [0.1, 0.15) is 16.7 Å². The molecule has 4 heterocycles. The summed E-state index contributed by atoms with van der Waals surface area (Å²) >= 11 is 0. The van der Waals surface area contributed by atoms with E-state index in [0.717, 1.165) is 87.8 Å². The average Bonchev–Trinajstić information content (AvgIpc) is 4.06. The standard InChI is InChI=1S/C57H34N6/c1-35-14-13-17-39(30-35)61-47-23-10-6-19-41(47)43-27-29-51-55(57(43)61)45-21-8-12-25-49(45)63(51)53-32-52(36(33-58)31-37(53)34-59)62-48-24-11-7-20-44(48)54-50(62)28-26-42-40-18-5-9-22-46(40)60(56(42)54)38-15-3-2-4-16-38/h2-32H,1H3. The van der Waals surface area contributed by atoms with Crippen molar-refractivity contribution >= 4 is 87.2 Å². The number of rotatable bonds is 4. The van der Waals surface area contributed by atoms with E-state index in [1.165, 1.54) is 16.3 Å². The van der Waals surface area contributed by atoms with E-state index in [1.54, 1.807) is 6.07 Å². The monoisotopic (exact) mass is 802 g/mol. The first-order chi connectivity index (χ1) is 31.1. The van der Waals surface area contributed by atoms with Crippen LogP contribution in [0.3, 0.4) is 0 Å². The highest BCUT2D eigenvalue weighted by molar-refractivity contribution is 6.27. The van der Waals surface area contributed by atoms with Gasteiger partial charge in [-0.15, -0.1) is 0 Å². The first kappa shape index (κ1) is 35.0. The number of benzene rings is 9. The number of para-hydroxylation sites is 5. The Morgan fingerprint density at radius 3 is 1.25 bits per heavy atom. The molecule has 13 rings (SSSR count). The van der Waals surface area contributed by atoms with Gasteiger partial charge in [-0.1, -0.05) is 115 Å². The maximum absolute atomic E-state index is 11.0. The van der Waals surface area contributed by atoms with Gasteiger partial charge in [-0.05, 0) is 85.3 Å². The second-order valence-corrected chi connectivity index (χ2v) is 16.4. The summed E-state index contributed by atoms with van der Waals surface area (Å²) in [6.45, 7) is 2.13. The predicted molar refractivity (Wildman–Crippen MR) is 258 cm³/mol. The zero-order valence-electron chi connectivity index (χ0n) is 34.1. The van der Waals surface area contributed by atoms with Crippen LogP contribution in [-0.4, -0.2) is 18.3 Å². The molecule has 0 aliphatic heterocycles. The SMILES string of the molecule is Cc1cccc(-n2c3ccccc3c3ccc4c(c5ccccc5n4-c4cc(-n5c6ccccc6c6c5ccc5c7ccccc7n(-c7ccccc7)c56)c(C#N)cc4C#N)c32)c1. The highest BCUT2D eigenvalue weighted by Crippen LogP contribution is 2.45. The second-order valence-electron chi connectivity index (χ2n) is 16.4. The number of nitrogens with zero attached hydrogens (tertiary/aromatic N) is 6. The van der Waals surface area contributed by atoms with E-state index in [9.17, 15) is 10.5 Å². The fourth-order valence-electron chi connectivity index (χ4n) is 10.5. The Kier molecular flexibility index (Phi) is 7.26. The molecule has 0 unspecified atom stereocenters. The Morgan fingerprint density at radius 2 is 0.762 bits per heavy atom. The van der Waals surface area contributed by atoms with Crippen LogP contribution in [-0.2, 0) is 0 Å².